The van der Waals surface area contributed by atoms with Crippen molar-refractivity contribution in [3.63, 3.8) is 0 Å². The Labute approximate surface area is 509 Å². The molecule has 25 N–H and O–H groups in total. The number of carboxylic acid groups (broad SMARTS) is 1. The highest BCUT2D eigenvalue weighted by atomic mass is 16.4. The molecular weight excluding hydrogens is 1150 g/mol. The van der Waals surface area contributed by atoms with Crippen molar-refractivity contribution in [3.8, 4) is 5.75 Å². The zero-order valence-electron chi connectivity index (χ0n) is 49.8. The molecule has 0 heterocycles. The molecule has 0 aliphatic rings. The summed E-state index contributed by atoms with van der Waals surface area (Å²) in [5.74, 6) is -13.8. The van der Waals surface area contributed by atoms with E-state index in [2.05, 4.69) is 52.8 Å². The Morgan fingerprint density at radius 3 is 1.39 bits per heavy atom. The van der Waals surface area contributed by atoms with Gasteiger partial charge in [-0.2, -0.15) is 0 Å². The van der Waals surface area contributed by atoms with E-state index in [-0.39, 0.29) is 69.2 Å². The number of nitrogens with zero attached hydrogens (tertiary/aromatic N) is 1. The molecule has 0 aliphatic heterocycles. The highest BCUT2D eigenvalue weighted by molar-refractivity contribution is 6.00. The van der Waals surface area contributed by atoms with Gasteiger partial charge in [-0.05, 0) is 86.6 Å². The molecule has 2 rings (SSSR count). The van der Waals surface area contributed by atoms with Crippen LogP contribution in [0, 0.1) is 11.8 Å². The molecule has 0 saturated carbocycles. The molecule has 0 radical (unpaired) electrons. The van der Waals surface area contributed by atoms with Crippen LogP contribution in [0.3, 0.4) is 0 Å². The van der Waals surface area contributed by atoms with Gasteiger partial charge in [0.1, 0.15) is 60.1 Å². The molecular formula is C56H88N16O16. The Kier molecular flexibility index (Phi) is 33.2. The number of aromatic hydroxyl groups is 1. The number of guanidine groups is 1. The van der Waals surface area contributed by atoms with Crippen molar-refractivity contribution in [2.45, 2.75) is 159 Å². The Bertz CT molecular complexity index is 2700. The molecule has 88 heavy (non-hydrogen) atoms. The summed E-state index contributed by atoms with van der Waals surface area (Å²) in [4.78, 5) is 166. The fraction of sp³-hybridized carbons (Fsp3) is 0.554. The van der Waals surface area contributed by atoms with E-state index < -0.39 is 176 Å². The number of rotatable bonds is 41. The maximum Gasteiger partial charge on any atom is 0.328 e. The normalized spacial score (nSPS) is 14.5. The number of aliphatic hydroxyl groups is 2. The number of aliphatic carboxylic acids is 1. The van der Waals surface area contributed by atoms with Gasteiger partial charge in [0.2, 0.25) is 65.0 Å². The number of amides is 11. The third kappa shape index (κ3) is 28.0. The van der Waals surface area contributed by atoms with Crippen LogP contribution < -0.4 is 82.3 Å². The van der Waals surface area contributed by atoms with Crippen LogP contribution in [0.5, 0.6) is 5.75 Å². The fourth-order valence-electron chi connectivity index (χ4n) is 8.59. The van der Waals surface area contributed by atoms with Crippen LogP contribution in [0.4, 0.5) is 0 Å². The first-order valence-corrected chi connectivity index (χ1v) is 28.6. The number of nitrogens with one attached hydrogen (secondary N) is 9. The summed E-state index contributed by atoms with van der Waals surface area (Å²) in [6, 6.07) is -2.09. The zero-order chi connectivity index (χ0) is 66.2. The molecule has 0 aromatic heterocycles. The summed E-state index contributed by atoms with van der Waals surface area (Å²) < 4.78 is 0. The molecule has 0 fully saturated rings. The van der Waals surface area contributed by atoms with Crippen LogP contribution in [-0.4, -0.2) is 184 Å². The quantitative estimate of drug-likeness (QED) is 0.0167. The number of nitrogens with two attached hydrogens (primary N) is 6. The average molecular weight is 1240 g/mol. The van der Waals surface area contributed by atoms with Crippen molar-refractivity contribution in [1.29, 1.82) is 0 Å². The van der Waals surface area contributed by atoms with E-state index in [4.69, 9.17) is 34.4 Å². The second-order valence-electron chi connectivity index (χ2n) is 21.6. The van der Waals surface area contributed by atoms with Crippen LogP contribution in [0.1, 0.15) is 96.6 Å². The molecule has 32 nitrogen and oxygen atoms in total. The number of unbranched alkanes of at least 4 members (excludes halogenated alkanes) is 1. The Morgan fingerprint density at radius 1 is 0.489 bits per heavy atom. The summed E-state index contributed by atoms with van der Waals surface area (Å²) in [5.41, 5.74) is 34.6. The minimum Gasteiger partial charge on any atom is -0.508 e. The first-order chi connectivity index (χ1) is 41.5. The van der Waals surface area contributed by atoms with Gasteiger partial charge < -0.3 is 103 Å². The second kappa shape index (κ2) is 38.9. The summed E-state index contributed by atoms with van der Waals surface area (Å²) in [7, 11) is 0. The third-order valence-electron chi connectivity index (χ3n) is 13.4. The minimum atomic E-state index is -1.87. The van der Waals surface area contributed by atoms with E-state index in [1.54, 1.807) is 30.3 Å². The van der Waals surface area contributed by atoms with Gasteiger partial charge in [0, 0.05) is 25.8 Å². The first-order valence-electron chi connectivity index (χ1n) is 28.6. The van der Waals surface area contributed by atoms with E-state index in [0.29, 0.717) is 17.5 Å². The van der Waals surface area contributed by atoms with Crippen LogP contribution in [0.15, 0.2) is 59.6 Å². The number of hydrogen-bond donors (Lipinski definition) is 19. The smallest absolute Gasteiger partial charge is 0.328 e. The molecule has 0 saturated heterocycles. The van der Waals surface area contributed by atoms with Crippen molar-refractivity contribution in [2.75, 3.05) is 26.3 Å². The number of primary amides is 2. The van der Waals surface area contributed by atoms with E-state index in [9.17, 15) is 78.0 Å². The van der Waals surface area contributed by atoms with Gasteiger partial charge in [-0.1, -0.05) is 70.2 Å². The number of benzene rings is 2. The van der Waals surface area contributed by atoms with Crippen molar-refractivity contribution >= 4 is 76.9 Å². The topological polar surface area (TPSA) is 563 Å². The zero-order valence-corrected chi connectivity index (χ0v) is 49.8. The largest absolute Gasteiger partial charge is 0.508 e. The van der Waals surface area contributed by atoms with Crippen molar-refractivity contribution in [3.05, 3.63) is 65.7 Å². The molecule has 2 aromatic carbocycles. The third-order valence-corrected chi connectivity index (χ3v) is 13.4. The van der Waals surface area contributed by atoms with Gasteiger partial charge in [0.15, 0.2) is 5.96 Å². The van der Waals surface area contributed by atoms with Crippen LogP contribution in [-0.2, 0) is 70.4 Å². The predicted molar refractivity (Wildman–Crippen MR) is 318 cm³/mol. The van der Waals surface area contributed by atoms with E-state index >= 15 is 0 Å². The summed E-state index contributed by atoms with van der Waals surface area (Å²) in [6.45, 7) is 4.95. The fourth-order valence-corrected chi connectivity index (χ4v) is 8.59. The van der Waals surface area contributed by atoms with Crippen LogP contribution in [0.2, 0.25) is 0 Å². The van der Waals surface area contributed by atoms with Gasteiger partial charge in [0.05, 0.1) is 25.7 Å². The van der Waals surface area contributed by atoms with E-state index in [1.165, 1.54) is 38.1 Å². The molecule has 32 heteroatoms. The van der Waals surface area contributed by atoms with Crippen molar-refractivity contribution < 1.29 is 78.0 Å². The summed E-state index contributed by atoms with van der Waals surface area (Å²) >= 11 is 0. The van der Waals surface area contributed by atoms with Gasteiger partial charge in [-0.15, -0.1) is 0 Å². The number of phenols is 1. The average Bonchev–Trinajstić information content (AvgIpc) is 2.12. The first kappa shape index (κ1) is 75.1. The van der Waals surface area contributed by atoms with Gasteiger partial charge in [-0.3, -0.25) is 57.7 Å². The number of carbonyl (C=O) groups excluding carboxylic acids is 11. The molecule has 0 bridgehead atoms. The number of phenolic OH excluding ortho intramolecular Hbond substituents is 1. The molecule has 488 valence electrons. The Hall–Kier alpha value is -9.01. The number of hydrogen-bond acceptors (Lipinski definition) is 18. The highest BCUT2D eigenvalue weighted by Gasteiger charge is 2.37. The lowest BCUT2D eigenvalue weighted by molar-refractivity contribution is -0.143. The maximum absolute atomic E-state index is 14.6. The monoisotopic (exact) mass is 1240 g/mol. The molecule has 0 spiro atoms. The SMILES string of the molecule is CC(C)C[C@H](N)C(=O)N[C@@H](CO)C(=O)N[C@@H](Cc1ccccc1)C(=O)N[C@@H](CC(N)=O)C(=O)N[C@@H](Cc1ccc(O)cc1)C(=O)N[C@@H](CCC(N)=O)C(=O)N[C@@H](CCCCN)C(=O)N[C@@H](CCCN=C(N)N)C(=O)N[C@H](C(=O)N[C@@H](CO)C(=O)O)C(C)C. The van der Waals surface area contributed by atoms with Crippen molar-refractivity contribution in [1.82, 2.24) is 47.9 Å². The Morgan fingerprint density at radius 2 is 0.920 bits per heavy atom. The van der Waals surface area contributed by atoms with E-state index in [1.807, 2.05) is 13.8 Å². The van der Waals surface area contributed by atoms with Crippen LogP contribution in [0.25, 0.3) is 0 Å². The molecule has 0 aliphatic carbocycles. The molecule has 10 atom stereocenters. The predicted octanol–water partition coefficient (Wildman–Crippen LogP) is -6.04. The van der Waals surface area contributed by atoms with Gasteiger partial charge in [-0.25, -0.2) is 4.79 Å². The number of aliphatic imine (C=N–C) groups is 1. The summed E-state index contributed by atoms with van der Waals surface area (Å²) in [5, 5.41) is 61.0. The standard InChI is InChI=1S/C56H88N16O16/c1-29(2)23-34(58)46(78)70-41(27-73)53(85)68-38(24-31-11-6-5-7-12-31)51(83)69-40(26-44(60)77)52(84)67-39(25-32-15-17-33(75)18-16-32)50(82)66-37(19-20-43(59)76)48(80)64-35(13-8-9-21-57)47(79)65-36(14-10-22-63-56(61)62)49(81)72-45(30(3)4)54(86)71-42(28-74)55(87)88/h5-7,11-12,15-18,29-30,34-42,45,73-75H,8-10,13-14,19-28,57-58H2,1-4H3,(H2,59,76)(H2,60,77)(H,64,80)(H,65,79)(H,66,82)(H,67,84)(H,68,85)(H,69,83)(H,70,78)(H,71,86)(H,72,81)(H,87,88)(H4,61,62,63)/t34-,35-,36-,37-,38-,39-,40-,41-,42-,45-/m0/s1. The number of aliphatic hydroxyl groups excluding tert-OH is 2. The second-order valence-corrected chi connectivity index (χ2v) is 21.6. The number of carboxylic acids is 1. The lowest BCUT2D eigenvalue weighted by atomic mass is 10.0. The highest BCUT2D eigenvalue weighted by Crippen LogP contribution is 2.15. The minimum absolute atomic E-state index is 0.000467. The van der Waals surface area contributed by atoms with Crippen LogP contribution >= 0.6 is 0 Å². The number of carbonyl (C=O) groups is 12. The molecule has 11 amide bonds. The van der Waals surface area contributed by atoms with Gasteiger partial charge in [0.25, 0.3) is 0 Å². The lowest BCUT2D eigenvalue weighted by Gasteiger charge is -2.28. The van der Waals surface area contributed by atoms with E-state index in [0.717, 1.165) is 0 Å². The maximum atomic E-state index is 14.6. The van der Waals surface area contributed by atoms with Gasteiger partial charge >= 0.3 is 5.97 Å². The molecule has 2 aromatic rings. The summed E-state index contributed by atoms with van der Waals surface area (Å²) in [6.07, 6.45) is -2.01. The van der Waals surface area contributed by atoms with Crippen molar-refractivity contribution in [2.24, 2.45) is 51.2 Å². The molecule has 0 unspecified atom stereocenters. The lowest BCUT2D eigenvalue weighted by Crippen LogP contribution is -2.61. The Balaban J connectivity index is 2.61.